The highest BCUT2D eigenvalue weighted by Gasteiger charge is 2.36. The Kier molecular flexibility index (Phi) is 6.30. The first-order valence-electron chi connectivity index (χ1n) is 11.3. The molecule has 2 aliphatic carbocycles. The van der Waals surface area contributed by atoms with Gasteiger partial charge in [-0.3, -0.25) is 4.18 Å². The Balaban J connectivity index is 1.39. The molecular formula is C23H29N5O5S. The van der Waals surface area contributed by atoms with Crippen molar-refractivity contribution in [3.05, 3.63) is 54.0 Å². The summed E-state index contributed by atoms with van der Waals surface area (Å²) in [5, 5.41) is 19.9. The minimum absolute atomic E-state index is 0.0437. The van der Waals surface area contributed by atoms with Crippen molar-refractivity contribution >= 4 is 27.2 Å². The van der Waals surface area contributed by atoms with E-state index in [1.807, 2.05) is 16.8 Å². The predicted molar refractivity (Wildman–Crippen MR) is 126 cm³/mol. The molecule has 34 heavy (non-hydrogen) atoms. The fourth-order valence-corrected chi connectivity index (χ4v) is 5.80. The highest BCUT2D eigenvalue weighted by molar-refractivity contribution is 7.84. The summed E-state index contributed by atoms with van der Waals surface area (Å²) < 4.78 is 34.5. The number of nitrogens with two attached hydrogens (primary N) is 1. The topological polar surface area (TPSA) is 142 Å². The second-order valence-corrected chi connectivity index (χ2v) is 10.4. The van der Waals surface area contributed by atoms with Crippen LogP contribution in [0, 0.1) is 11.8 Å². The van der Waals surface area contributed by atoms with E-state index in [-0.39, 0.29) is 24.6 Å². The van der Waals surface area contributed by atoms with Crippen molar-refractivity contribution < 1.29 is 22.4 Å². The van der Waals surface area contributed by atoms with Gasteiger partial charge >= 0.3 is 10.3 Å². The van der Waals surface area contributed by atoms with Crippen molar-refractivity contribution in [3.63, 3.8) is 0 Å². The smallest absolute Gasteiger partial charge is 0.333 e. The van der Waals surface area contributed by atoms with Gasteiger partial charge in [0.05, 0.1) is 30.7 Å². The van der Waals surface area contributed by atoms with Gasteiger partial charge in [-0.25, -0.2) is 15.1 Å². The van der Waals surface area contributed by atoms with Crippen LogP contribution in [0.15, 0.2) is 42.9 Å². The molecule has 182 valence electrons. The SMILES string of the molecule is COC[C@@H]1Cc2ccccc2[C@@H]1Nc1ncnc2c1ccn2[C@H]1C[C@H](COS(N)(=O)=O)[C@H](O)C1. The quantitative estimate of drug-likeness (QED) is 0.438. The van der Waals surface area contributed by atoms with Crippen molar-refractivity contribution in [1.82, 2.24) is 14.5 Å². The fraction of sp³-hybridized carbons (Fsp3) is 0.478. The van der Waals surface area contributed by atoms with Gasteiger partial charge in [-0.15, -0.1) is 0 Å². The third-order valence-electron chi connectivity index (χ3n) is 7.00. The second-order valence-electron chi connectivity index (χ2n) is 9.15. The van der Waals surface area contributed by atoms with E-state index in [1.54, 1.807) is 13.4 Å². The maximum atomic E-state index is 11.1. The first-order valence-corrected chi connectivity index (χ1v) is 12.8. The molecule has 11 heteroatoms. The van der Waals surface area contributed by atoms with Gasteiger partial charge in [0.2, 0.25) is 0 Å². The third kappa shape index (κ3) is 4.53. The number of hydrogen-bond donors (Lipinski definition) is 3. The summed E-state index contributed by atoms with van der Waals surface area (Å²) in [6, 6.07) is 10.4. The molecule has 0 unspecified atom stereocenters. The Hall–Kier alpha value is -2.57. The molecule has 2 aliphatic rings. The number of aliphatic hydroxyl groups excluding tert-OH is 1. The van der Waals surface area contributed by atoms with Crippen molar-refractivity contribution in [3.8, 4) is 0 Å². The summed E-state index contributed by atoms with van der Waals surface area (Å²) in [6.07, 6.45) is 4.77. The van der Waals surface area contributed by atoms with Gasteiger partial charge in [0.15, 0.2) is 0 Å². The summed E-state index contributed by atoms with van der Waals surface area (Å²) in [6.45, 7) is 0.503. The monoisotopic (exact) mass is 487 g/mol. The summed E-state index contributed by atoms with van der Waals surface area (Å²) in [5.41, 5.74) is 3.34. The van der Waals surface area contributed by atoms with Crippen LogP contribution in [0.4, 0.5) is 5.82 Å². The summed E-state index contributed by atoms with van der Waals surface area (Å²) in [7, 11) is -2.32. The van der Waals surface area contributed by atoms with Crippen LogP contribution in [0.1, 0.15) is 36.1 Å². The molecule has 0 spiro atoms. The molecule has 0 amide bonds. The minimum atomic E-state index is -4.04. The van der Waals surface area contributed by atoms with Crippen molar-refractivity contribution in [2.24, 2.45) is 17.0 Å². The van der Waals surface area contributed by atoms with Crippen molar-refractivity contribution in [2.45, 2.75) is 37.5 Å². The van der Waals surface area contributed by atoms with E-state index in [9.17, 15) is 13.5 Å². The largest absolute Gasteiger partial charge is 0.393 e. The minimum Gasteiger partial charge on any atom is -0.393 e. The number of fused-ring (bicyclic) bond motifs is 2. The van der Waals surface area contributed by atoms with Crippen LogP contribution in [0.25, 0.3) is 11.0 Å². The van der Waals surface area contributed by atoms with Crippen LogP contribution in [0.5, 0.6) is 0 Å². The number of nitrogens with one attached hydrogen (secondary N) is 1. The molecule has 5 atom stereocenters. The van der Waals surface area contributed by atoms with Gasteiger partial charge < -0.3 is 19.7 Å². The highest BCUT2D eigenvalue weighted by Crippen LogP contribution is 2.41. The van der Waals surface area contributed by atoms with Gasteiger partial charge in [0, 0.05) is 31.2 Å². The summed E-state index contributed by atoms with van der Waals surface area (Å²) in [5.74, 6) is 0.711. The lowest BCUT2D eigenvalue weighted by Crippen LogP contribution is -2.24. The zero-order chi connectivity index (χ0) is 23.9. The predicted octanol–water partition coefficient (Wildman–Crippen LogP) is 1.94. The molecule has 1 aromatic carbocycles. The molecule has 0 bridgehead atoms. The summed E-state index contributed by atoms with van der Waals surface area (Å²) in [4.78, 5) is 9.05. The average molecular weight is 488 g/mol. The van der Waals surface area contributed by atoms with Gasteiger partial charge in [-0.05, 0) is 36.5 Å². The zero-order valence-corrected chi connectivity index (χ0v) is 19.7. The van der Waals surface area contributed by atoms with Gasteiger partial charge in [0.25, 0.3) is 0 Å². The molecule has 5 rings (SSSR count). The number of methoxy groups -OCH3 is 1. The first kappa shape index (κ1) is 23.2. The van der Waals surface area contributed by atoms with E-state index in [0.29, 0.717) is 25.4 Å². The standard InChI is InChI=1S/C23H29N5O5S/c1-32-11-16-8-14-4-2-3-5-18(14)21(16)27-22-19-6-7-28(23(19)26-13-25-22)17-9-15(20(29)10-17)12-33-34(24,30)31/h2-7,13,15-17,20-21,29H,8-12H2,1H3,(H2,24,30,31)(H,25,26,27)/t15-,16+,17+,20-,21-/m1/s1. The molecule has 1 fully saturated rings. The Bertz CT molecular complexity index is 1280. The second kappa shape index (κ2) is 9.23. The first-order chi connectivity index (χ1) is 16.3. The number of anilines is 1. The third-order valence-corrected chi connectivity index (χ3v) is 7.46. The summed E-state index contributed by atoms with van der Waals surface area (Å²) >= 11 is 0. The highest BCUT2D eigenvalue weighted by atomic mass is 32.2. The number of rotatable bonds is 8. The number of ether oxygens (including phenoxy) is 1. The maximum Gasteiger partial charge on any atom is 0.333 e. The maximum absolute atomic E-state index is 11.1. The van der Waals surface area contributed by atoms with Gasteiger partial charge in [0.1, 0.15) is 17.8 Å². The van der Waals surface area contributed by atoms with E-state index in [4.69, 9.17) is 14.1 Å². The molecule has 3 aromatic rings. The van der Waals surface area contributed by atoms with Crippen molar-refractivity contribution in [1.29, 1.82) is 0 Å². The molecule has 2 aromatic heterocycles. The van der Waals surface area contributed by atoms with Crippen LogP contribution in [0.3, 0.4) is 0 Å². The Morgan fingerprint density at radius 3 is 2.79 bits per heavy atom. The van der Waals surface area contributed by atoms with E-state index < -0.39 is 16.4 Å². The number of hydrogen-bond acceptors (Lipinski definition) is 8. The Morgan fingerprint density at radius 2 is 2.00 bits per heavy atom. The number of aromatic nitrogens is 3. The van der Waals surface area contributed by atoms with Crippen LogP contribution >= 0.6 is 0 Å². The number of nitrogens with zero attached hydrogens (tertiary/aromatic N) is 3. The zero-order valence-electron chi connectivity index (χ0n) is 18.9. The lowest BCUT2D eigenvalue weighted by molar-refractivity contribution is 0.100. The van der Waals surface area contributed by atoms with E-state index >= 15 is 0 Å². The van der Waals surface area contributed by atoms with E-state index in [2.05, 4.69) is 39.6 Å². The van der Waals surface area contributed by atoms with Crippen LogP contribution in [-0.2, 0) is 25.6 Å². The molecule has 0 radical (unpaired) electrons. The molecular weight excluding hydrogens is 458 g/mol. The Morgan fingerprint density at radius 1 is 1.18 bits per heavy atom. The average Bonchev–Trinajstić information content (AvgIpc) is 3.48. The lowest BCUT2D eigenvalue weighted by atomic mass is 10.0. The van der Waals surface area contributed by atoms with Crippen LogP contribution < -0.4 is 10.5 Å². The van der Waals surface area contributed by atoms with Crippen LogP contribution in [0.2, 0.25) is 0 Å². The van der Waals surface area contributed by atoms with Crippen LogP contribution in [-0.4, -0.2) is 54.5 Å². The molecule has 4 N–H and O–H groups in total. The Labute approximate surface area is 198 Å². The van der Waals surface area contributed by atoms with Gasteiger partial charge in [-0.2, -0.15) is 8.42 Å². The van der Waals surface area contributed by atoms with E-state index in [0.717, 1.165) is 23.3 Å². The normalized spacial score (nSPS) is 26.7. The number of aliphatic hydroxyl groups is 1. The lowest BCUT2D eigenvalue weighted by Gasteiger charge is -2.22. The van der Waals surface area contributed by atoms with E-state index in [1.165, 1.54) is 11.1 Å². The molecule has 2 heterocycles. The number of benzene rings is 1. The van der Waals surface area contributed by atoms with Crippen molar-refractivity contribution in [2.75, 3.05) is 25.6 Å². The molecule has 0 saturated heterocycles. The fourth-order valence-electron chi connectivity index (χ4n) is 5.43. The molecule has 1 saturated carbocycles. The molecule has 0 aliphatic heterocycles. The molecule has 10 nitrogen and oxygen atoms in total. The van der Waals surface area contributed by atoms with Gasteiger partial charge in [-0.1, -0.05) is 24.3 Å².